The molecule has 1 atom stereocenters. The van der Waals surface area contributed by atoms with Gasteiger partial charge in [0.1, 0.15) is 11.4 Å². The van der Waals surface area contributed by atoms with Crippen LogP contribution in [0.15, 0.2) is 48.5 Å². The number of likely N-dealkylation sites (tertiary alicyclic amines) is 1. The van der Waals surface area contributed by atoms with Gasteiger partial charge in [-0.1, -0.05) is 36.8 Å². The van der Waals surface area contributed by atoms with Crippen molar-refractivity contribution in [3.63, 3.8) is 0 Å². The highest BCUT2D eigenvalue weighted by Gasteiger charge is 2.30. The Bertz CT molecular complexity index is 1100. The molecule has 0 spiro atoms. The number of hydrogen-bond donors (Lipinski definition) is 2. The molecule has 1 saturated heterocycles. The van der Waals surface area contributed by atoms with Crippen molar-refractivity contribution in [3.05, 3.63) is 65.4 Å². The van der Waals surface area contributed by atoms with Gasteiger partial charge in [-0.05, 0) is 49.4 Å². The second kappa shape index (κ2) is 9.47. The van der Waals surface area contributed by atoms with Gasteiger partial charge in [-0.15, -0.1) is 0 Å². The van der Waals surface area contributed by atoms with Crippen molar-refractivity contribution < 1.29 is 14.3 Å². The molecule has 2 N–H and O–H groups in total. The summed E-state index contributed by atoms with van der Waals surface area (Å²) in [5.41, 5.74) is 3.80. The summed E-state index contributed by atoms with van der Waals surface area (Å²) in [6.07, 6.45) is 1.66. The molecule has 0 bridgehead atoms. The van der Waals surface area contributed by atoms with E-state index in [9.17, 15) is 9.59 Å². The number of benzene rings is 2. The monoisotopic (exact) mass is 433 g/mol. The fourth-order valence-electron chi connectivity index (χ4n) is 4.39. The summed E-state index contributed by atoms with van der Waals surface area (Å²) in [7, 11) is 1.63. The molecule has 2 amide bonds. The first kappa shape index (κ1) is 21.9. The molecule has 3 aromatic rings. The zero-order chi connectivity index (χ0) is 22.7. The Morgan fingerprint density at radius 1 is 1.12 bits per heavy atom. The van der Waals surface area contributed by atoms with Crippen LogP contribution >= 0.6 is 0 Å². The molecule has 0 aliphatic carbocycles. The van der Waals surface area contributed by atoms with Gasteiger partial charge in [0.05, 0.1) is 7.11 Å². The van der Waals surface area contributed by atoms with Crippen molar-refractivity contribution in [3.8, 4) is 5.75 Å². The normalized spacial score (nSPS) is 15.5. The van der Waals surface area contributed by atoms with Gasteiger partial charge in [0, 0.05) is 42.5 Å². The van der Waals surface area contributed by atoms with Crippen molar-refractivity contribution in [2.75, 3.05) is 20.2 Å². The first-order valence-electron chi connectivity index (χ1n) is 11.2. The Hall–Kier alpha value is -3.28. The van der Waals surface area contributed by atoms with Crippen LogP contribution in [-0.4, -0.2) is 41.9 Å². The number of hydrogen-bond acceptors (Lipinski definition) is 3. The number of carbonyl (C=O) groups excluding carboxylic acids is 2. The molecule has 4 rings (SSSR count). The van der Waals surface area contributed by atoms with E-state index in [0.717, 1.165) is 35.1 Å². The number of nitrogens with zero attached hydrogens (tertiary/aromatic N) is 1. The van der Waals surface area contributed by atoms with Crippen LogP contribution in [0.2, 0.25) is 0 Å². The number of aryl methyl sites for hydroxylation is 1. The number of piperidine rings is 1. The van der Waals surface area contributed by atoms with Crippen LogP contribution in [-0.2, 0) is 11.3 Å². The number of rotatable bonds is 6. The predicted molar refractivity (Wildman–Crippen MR) is 126 cm³/mol. The van der Waals surface area contributed by atoms with Crippen molar-refractivity contribution in [1.29, 1.82) is 0 Å². The van der Waals surface area contributed by atoms with E-state index in [1.807, 2.05) is 48.2 Å². The summed E-state index contributed by atoms with van der Waals surface area (Å²) in [6, 6.07) is 15.8. The molecule has 1 aromatic heterocycles. The standard InChI is InChI=1S/C26H31N3O3/c1-17-4-6-19(7-5-17)16-27-25(30)18(2)20-10-12-29(13-11-20)26(31)24-14-21-8-9-22(32-3)15-23(21)28-24/h4-9,14-15,18,20,28H,10-13,16H2,1-3H3,(H,27,30). The lowest BCUT2D eigenvalue weighted by atomic mass is 9.84. The third kappa shape index (κ3) is 4.79. The number of H-pyrrole nitrogens is 1. The summed E-state index contributed by atoms with van der Waals surface area (Å²) in [5, 5.41) is 4.05. The molecule has 1 aliphatic heterocycles. The highest BCUT2D eigenvalue weighted by atomic mass is 16.5. The highest BCUT2D eigenvalue weighted by molar-refractivity contribution is 5.98. The number of aromatic amines is 1. The fraction of sp³-hybridized carbons (Fsp3) is 0.385. The number of carbonyl (C=O) groups is 2. The van der Waals surface area contributed by atoms with Crippen LogP contribution in [0.25, 0.3) is 10.9 Å². The fourth-order valence-corrected chi connectivity index (χ4v) is 4.39. The van der Waals surface area contributed by atoms with Crippen LogP contribution in [0, 0.1) is 18.8 Å². The van der Waals surface area contributed by atoms with E-state index in [4.69, 9.17) is 4.74 Å². The third-order valence-electron chi connectivity index (χ3n) is 6.59. The maximum Gasteiger partial charge on any atom is 0.270 e. The van der Waals surface area contributed by atoms with Crippen LogP contribution in [0.5, 0.6) is 5.75 Å². The molecule has 0 saturated carbocycles. The van der Waals surface area contributed by atoms with Crippen molar-refractivity contribution in [1.82, 2.24) is 15.2 Å². The van der Waals surface area contributed by atoms with E-state index in [0.29, 0.717) is 25.3 Å². The molecule has 6 nitrogen and oxygen atoms in total. The van der Waals surface area contributed by atoms with E-state index in [1.165, 1.54) is 5.56 Å². The Morgan fingerprint density at radius 2 is 1.84 bits per heavy atom. The van der Waals surface area contributed by atoms with Gasteiger partial charge in [-0.3, -0.25) is 9.59 Å². The lowest BCUT2D eigenvalue weighted by molar-refractivity contribution is -0.126. The van der Waals surface area contributed by atoms with Gasteiger partial charge >= 0.3 is 0 Å². The minimum atomic E-state index is -0.0711. The topological polar surface area (TPSA) is 74.4 Å². The first-order valence-corrected chi connectivity index (χ1v) is 11.2. The average Bonchev–Trinajstić information content (AvgIpc) is 3.26. The van der Waals surface area contributed by atoms with Gasteiger partial charge in [-0.2, -0.15) is 0 Å². The minimum absolute atomic E-state index is 0.00934. The molecule has 32 heavy (non-hydrogen) atoms. The summed E-state index contributed by atoms with van der Waals surface area (Å²) < 4.78 is 5.26. The number of amides is 2. The molecule has 1 fully saturated rings. The van der Waals surface area contributed by atoms with Crippen molar-refractivity contribution in [2.24, 2.45) is 11.8 Å². The van der Waals surface area contributed by atoms with Crippen LogP contribution in [0.1, 0.15) is 41.4 Å². The van der Waals surface area contributed by atoms with Gasteiger partial charge < -0.3 is 19.9 Å². The van der Waals surface area contributed by atoms with Crippen molar-refractivity contribution in [2.45, 2.75) is 33.2 Å². The van der Waals surface area contributed by atoms with Gasteiger partial charge in [0.25, 0.3) is 5.91 Å². The van der Waals surface area contributed by atoms with E-state index >= 15 is 0 Å². The number of ether oxygens (including phenoxy) is 1. The second-order valence-corrected chi connectivity index (χ2v) is 8.76. The van der Waals surface area contributed by atoms with Crippen LogP contribution in [0.3, 0.4) is 0 Å². The highest BCUT2D eigenvalue weighted by Crippen LogP contribution is 2.27. The zero-order valence-corrected chi connectivity index (χ0v) is 19.0. The summed E-state index contributed by atoms with van der Waals surface area (Å²) in [5.74, 6) is 1.06. The number of fused-ring (bicyclic) bond motifs is 1. The SMILES string of the molecule is COc1ccc2cc(C(=O)N3CCC(C(C)C(=O)NCc4ccc(C)cc4)CC3)[nH]c2c1. The van der Waals surface area contributed by atoms with Crippen molar-refractivity contribution >= 4 is 22.7 Å². The van der Waals surface area contributed by atoms with Gasteiger partial charge in [-0.25, -0.2) is 0 Å². The second-order valence-electron chi connectivity index (χ2n) is 8.76. The largest absolute Gasteiger partial charge is 0.497 e. The maximum absolute atomic E-state index is 13.0. The minimum Gasteiger partial charge on any atom is -0.497 e. The van der Waals surface area contributed by atoms with Gasteiger partial charge in [0.15, 0.2) is 0 Å². The van der Waals surface area contributed by atoms with Crippen LogP contribution in [0.4, 0.5) is 0 Å². The third-order valence-corrected chi connectivity index (χ3v) is 6.59. The zero-order valence-electron chi connectivity index (χ0n) is 19.0. The molecular weight excluding hydrogens is 402 g/mol. The molecule has 1 unspecified atom stereocenters. The number of nitrogens with one attached hydrogen (secondary N) is 2. The Kier molecular flexibility index (Phi) is 6.49. The summed E-state index contributed by atoms with van der Waals surface area (Å²) in [6.45, 7) is 5.93. The smallest absolute Gasteiger partial charge is 0.270 e. The maximum atomic E-state index is 13.0. The first-order chi connectivity index (χ1) is 15.4. The molecule has 168 valence electrons. The molecule has 6 heteroatoms. The molecular formula is C26H31N3O3. The van der Waals surface area contributed by atoms with E-state index in [1.54, 1.807) is 7.11 Å². The van der Waals surface area contributed by atoms with E-state index in [2.05, 4.69) is 29.4 Å². The predicted octanol–water partition coefficient (Wildman–Crippen LogP) is 4.29. The lowest BCUT2D eigenvalue weighted by Crippen LogP contribution is -2.42. The molecule has 1 aliphatic rings. The Labute approximate surface area is 188 Å². The van der Waals surface area contributed by atoms with E-state index < -0.39 is 0 Å². The quantitative estimate of drug-likeness (QED) is 0.609. The Balaban J connectivity index is 1.30. The number of aromatic nitrogens is 1. The average molecular weight is 434 g/mol. The lowest BCUT2D eigenvalue weighted by Gasteiger charge is -2.34. The molecule has 2 aromatic carbocycles. The summed E-state index contributed by atoms with van der Waals surface area (Å²) in [4.78, 5) is 30.8. The van der Waals surface area contributed by atoms with E-state index in [-0.39, 0.29) is 23.7 Å². The molecule has 0 radical (unpaired) electrons. The number of methoxy groups -OCH3 is 1. The van der Waals surface area contributed by atoms with Gasteiger partial charge in [0.2, 0.25) is 5.91 Å². The summed E-state index contributed by atoms with van der Waals surface area (Å²) >= 11 is 0. The Morgan fingerprint density at radius 3 is 2.53 bits per heavy atom. The van der Waals surface area contributed by atoms with Crippen LogP contribution < -0.4 is 10.1 Å². The molecule has 2 heterocycles.